The Hall–Kier alpha value is -3.60. The number of fused-ring (bicyclic) bond motifs is 1. The van der Waals surface area contributed by atoms with E-state index in [2.05, 4.69) is 54.8 Å². The van der Waals surface area contributed by atoms with Gasteiger partial charge in [-0.05, 0) is 66.1 Å². The van der Waals surface area contributed by atoms with Crippen molar-refractivity contribution in [2.24, 2.45) is 0 Å². The molecule has 1 unspecified atom stereocenters. The summed E-state index contributed by atoms with van der Waals surface area (Å²) in [6.07, 6.45) is 2.20. The first kappa shape index (κ1) is 23.6. The predicted octanol–water partition coefficient (Wildman–Crippen LogP) is 5.83. The molecule has 3 aromatic carbocycles. The van der Waals surface area contributed by atoms with Crippen molar-refractivity contribution in [1.29, 1.82) is 0 Å². The van der Waals surface area contributed by atoms with Crippen molar-refractivity contribution in [3.05, 3.63) is 100 Å². The highest BCUT2D eigenvalue weighted by Gasteiger charge is 2.23. The van der Waals surface area contributed by atoms with Gasteiger partial charge < -0.3 is 15.4 Å². The zero-order chi connectivity index (χ0) is 23.9. The van der Waals surface area contributed by atoms with Gasteiger partial charge in [-0.15, -0.1) is 0 Å². The minimum Gasteiger partial charge on any atom is -0.445 e. The molecule has 34 heavy (non-hydrogen) atoms. The van der Waals surface area contributed by atoms with Crippen LogP contribution in [-0.2, 0) is 29.0 Å². The van der Waals surface area contributed by atoms with E-state index in [4.69, 9.17) is 4.74 Å². The van der Waals surface area contributed by atoms with Crippen molar-refractivity contribution in [1.82, 2.24) is 5.32 Å². The lowest BCUT2D eigenvalue weighted by molar-refractivity contribution is -0.118. The first-order valence-corrected chi connectivity index (χ1v) is 11.9. The number of hydrogen-bond acceptors (Lipinski definition) is 4. The van der Waals surface area contributed by atoms with Crippen molar-refractivity contribution in [2.45, 2.75) is 52.2 Å². The van der Waals surface area contributed by atoms with Gasteiger partial charge in [-0.2, -0.15) is 0 Å². The van der Waals surface area contributed by atoms with Crippen LogP contribution in [0.4, 0.5) is 10.5 Å². The third kappa shape index (κ3) is 6.25. The average Bonchev–Trinajstić information content (AvgIpc) is 2.99. The van der Waals surface area contributed by atoms with Crippen LogP contribution < -0.4 is 10.6 Å². The molecular weight excluding hydrogens is 424 g/mol. The lowest BCUT2D eigenvalue weighted by Gasteiger charge is -2.20. The van der Waals surface area contributed by atoms with Crippen molar-refractivity contribution >= 4 is 17.6 Å². The molecule has 5 nitrogen and oxygen atoms in total. The molecule has 1 heterocycles. The van der Waals surface area contributed by atoms with Crippen molar-refractivity contribution in [2.75, 3.05) is 11.9 Å². The van der Waals surface area contributed by atoms with Gasteiger partial charge in [0.2, 0.25) is 0 Å². The zero-order valence-corrected chi connectivity index (χ0v) is 19.9. The number of carbonyl (C=O) groups is 2. The van der Waals surface area contributed by atoms with E-state index in [9.17, 15) is 9.59 Å². The number of carbonyl (C=O) groups excluding carboxylic acids is 2. The Morgan fingerprint density at radius 3 is 2.59 bits per heavy atom. The Labute approximate surface area is 201 Å². The van der Waals surface area contributed by atoms with E-state index in [0.29, 0.717) is 19.4 Å². The topological polar surface area (TPSA) is 67.4 Å². The fourth-order valence-electron chi connectivity index (χ4n) is 4.33. The summed E-state index contributed by atoms with van der Waals surface area (Å²) in [5, 5.41) is 6.43. The standard InChI is InChI=1S/C29H32N2O3/c1-20-14-25-17-26(32)18-28(31-27(25)15-21(20)2)24-12-6-10-22(16-24)11-7-13-30-29(33)34-19-23-8-4-3-5-9-23/h3-6,8-10,12,14-16,28,31H,7,11,13,17-19H2,1-2H3,(H,30,33). The summed E-state index contributed by atoms with van der Waals surface area (Å²) in [5.41, 5.74) is 7.85. The summed E-state index contributed by atoms with van der Waals surface area (Å²) < 4.78 is 5.25. The van der Waals surface area contributed by atoms with Gasteiger partial charge in [0.05, 0.1) is 6.04 Å². The van der Waals surface area contributed by atoms with Crippen LogP contribution in [0.5, 0.6) is 0 Å². The molecular formula is C29H32N2O3. The lowest BCUT2D eigenvalue weighted by atomic mass is 9.97. The number of Topliss-reactive ketones (excluding diaryl/α,β-unsaturated/α-hetero) is 1. The summed E-state index contributed by atoms with van der Waals surface area (Å²) in [7, 11) is 0. The highest BCUT2D eigenvalue weighted by Crippen LogP contribution is 2.32. The Morgan fingerprint density at radius 2 is 1.76 bits per heavy atom. The molecule has 0 saturated carbocycles. The highest BCUT2D eigenvalue weighted by atomic mass is 16.5. The second-order valence-electron chi connectivity index (χ2n) is 9.05. The third-order valence-corrected chi connectivity index (χ3v) is 6.35. The van der Waals surface area contributed by atoms with Crippen molar-refractivity contribution in [3.63, 3.8) is 0 Å². The van der Waals surface area contributed by atoms with Crippen LogP contribution in [0, 0.1) is 13.8 Å². The van der Waals surface area contributed by atoms with Gasteiger partial charge in [-0.3, -0.25) is 4.79 Å². The minimum atomic E-state index is -0.400. The number of rotatable bonds is 7. The van der Waals surface area contributed by atoms with E-state index in [-0.39, 0.29) is 18.4 Å². The number of hydrogen-bond donors (Lipinski definition) is 2. The molecule has 1 aliphatic rings. The molecule has 3 aromatic rings. The molecule has 1 atom stereocenters. The van der Waals surface area contributed by atoms with E-state index in [0.717, 1.165) is 35.2 Å². The Kier molecular flexibility index (Phi) is 7.63. The van der Waals surface area contributed by atoms with Gasteiger partial charge in [-0.1, -0.05) is 60.7 Å². The molecule has 0 fully saturated rings. The number of aryl methyl sites for hydroxylation is 3. The minimum absolute atomic E-state index is 0.0399. The van der Waals surface area contributed by atoms with Crippen LogP contribution in [0.15, 0.2) is 66.7 Å². The van der Waals surface area contributed by atoms with Crippen molar-refractivity contribution < 1.29 is 14.3 Å². The summed E-state index contributed by atoms with van der Waals surface area (Å²) in [4.78, 5) is 24.6. The molecule has 176 valence electrons. The maximum atomic E-state index is 12.6. The highest BCUT2D eigenvalue weighted by molar-refractivity contribution is 5.85. The predicted molar refractivity (Wildman–Crippen MR) is 135 cm³/mol. The molecule has 1 aliphatic heterocycles. The van der Waals surface area contributed by atoms with E-state index in [1.54, 1.807) is 0 Å². The Morgan fingerprint density at radius 1 is 1.00 bits per heavy atom. The smallest absolute Gasteiger partial charge is 0.407 e. The maximum Gasteiger partial charge on any atom is 0.407 e. The summed E-state index contributed by atoms with van der Waals surface area (Å²) in [6.45, 7) is 5.00. The summed E-state index contributed by atoms with van der Waals surface area (Å²) in [5.74, 6) is 0.253. The number of benzene rings is 3. The molecule has 0 spiro atoms. The molecule has 0 aromatic heterocycles. The third-order valence-electron chi connectivity index (χ3n) is 6.35. The molecule has 0 saturated heterocycles. The van der Waals surface area contributed by atoms with Crippen LogP contribution in [-0.4, -0.2) is 18.4 Å². The summed E-state index contributed by atoms with van der Waals surface area (Å²) >= 11 is 0. The number of ketones is 1. The Balaban J connectivity index is 1.30. The van der Waals surface area contributed by atoms with Crippen LogP contribution in [0.2, 0.25) is 0 Å². The fraction of sp³-hybridized carbons (Fsp3) is 0.310. The zero-order valence-electron chi connectivity index (χ0n) is 19.9. The molecule has 0 bridgehead atoms. The molecule has 1 amide bonds. The van der Waals surface area contributed by atoms with E-state index < -0.39 is 6.09 Å². The molecule has 5 heteroatoms. The first-order chi connectivity index (χ1) is 16.5. The largest absolute Gasteiger partial charge is 0.445 e. The monoisotopic (exact) mass is 456 g/mol. The first-order valence-electron chi connectivity index (χ1n) is 11.9. The average molecular weight is 457 g/mol. The van der Waals surface area contributed by atoms with Crippen LogP contribution in [0.1, 0.15) is 52.3 Å². The quantitative estimate of drug-likeness (QED) is 0.439. The van der Waals surface area contributed by atoms with E-state index in [1.165, 1.54) is 16.7 Å². The van der Waals surface area contributed by atoms with Gasteiger partial charge in [-0.25, -0.2) is 4.79 Å². The van der Waals surface area contributed by atoms with Crippen LogP contribution in [0.3, 0.4) is 0 Å². The normalized spacial score (nSPS) is 15.1. The second kappa shape index (κ2) is 11.0. The van der Waals surface area contributed by atoms with Crippen LogP contribution >= 0.6 is 0 Å². The Bertz CT molecular complexity index is 1160. The number of ether oxygens (including phenoxy) is 1. The van der Waals surface area contributed by atoms with Gasteiger partial charge in [0, 0.05) is 25.1 Å². The second-order valence-corrected chi connectivity index (χ2v) is 9.05. The molecule has 4 rings (SSSR count). The number of anilines is 1. The maximum absolute atomic E-state index is 12.6. The van der Waals surface area contributed by atoms with Gasteiger partial charge in [0.15, 0.2) is 0 Å². The van der Waals surface area contributed by atoms with Gasteiger partial charge in [0.25, 0.3) is 0 Å². The number of nitrogens with one attached hydrogen (secondary N) is 2. The molecule has 0 radical (unpaired) electrons. The van der Waals surface area contributed by atoms with Crippen LogP contribution in [0.25, 0.3) is 0 Å². The number of alkyl carbamates (subject to hydrolysis) is 1. The summed E-state index contributed by atoms with van der Waals surface area (Å²) in [6, 6.07) is 22.3. The van der Waals surface area contributed by atoms with Gasteiger partial charge in [0.1, 0.15) is 12.4 Å². The van der Waals surface area contributed by atoms with E-state index in [1.807, 2.05) is 36.4 Å². The SMILES string of the molecule is Cc1cc2c(cc1C)NC(c1cccc(CCCNC(=O)OCc3ccccc3)c1)CC(=O)C2. The lowest BCUT2D eigenvalue weighted by Crippen LogP contribution is -2.25. The number of amides is 1. The van der Waals surface area contributed by atoms with E-state index >= 15 is 0 Å². The fourth-order valence-corrected chi connectivity index (χ4v) is 4.33. The molecule has 0 aliphatic carbocycles. The van der Waals surface area contributed by atoms with Crippen molar-refractivity contribution in [3.8, 4) is 0 Å². The molecule has 2 N–H and O–H groups in total. The van der Waals surface area contributed by atoms with Gasteiger partial charge >= 0.3 is 6.09 Å².